The number of nitrogens with zero attached hydrogens (tertiary/aromatic N) is 3. The minimum atomic E-state index is -0.779. The van der Waals surface area contributed by atoms with Crippen molar-refractivity contribution in [3.05, 3.63) is 53.7 Å². The molecular weight excluding hydrogens is 434 g/mol. The summed E-state index contributed by atoms with van der Waals surface area (Å²) in [5.74, 6) is 1.20. The fourth-order valence-corrected chi connectivity index (χ4v) is 2.66. The van der Waals surface area contributed by atoms with Gasteiger partial charge in [-0.15, -0.1) is 0 Å². The highest BCUT2D eigenvalue weighted by Gasteiger charge is 2.16. The Kier molecular flexibility index (Phi) is 8.21. The average Bonchev–Trinajstić information content (AvgIpc) is 2.77. The Labute approximate surface area is 191 Å². The van der Waals surface area contributed by atoms with Gasteiger partial charge in [0.2, 0.25) is 5.88 Å². The number of benzene rings is 2. The smallest absolute Gasteiger partial charge is 0.347 e. The lowest BCUT2D eigenvalue weighted by atomic mass is 10.3. The van der Waals surface area contributed by atoms with E-state index in [0.29, 0.717) is 39.4 Å². The fourth-order valence-electron chi connectivity index (χ4n) is 2.49. The molecule has 0 N–H and O–H groups in total. The lowest BCUT2D eigenvalue weighted by Crippen LogP contribution is -2.27. The maximum atomic E-state index is 12.0. The first-order valence-electron chi connectivity index (χ1n) is 10.1. The van der Waals surface area contributed by atoms with Crippen LogP contribution in [-0.2, 0) is 14.4 Å². The molecule has 3 rings (SSSR count). The molecule has 32 heavy (non-hydrogen) atoms. The zero-order chi connectivity index (χ0) is 22.9. The molecule has 168 valence electrons. The van der Waals surface area contributed by atoms with Gasteiger partial charge >= 0.3 is 5.97 Å². The molecule has 0 saturated carbocycles. The zero-order valence-electron chi connectivity index (χ0n) is 18.0. The van der Waals surface area contributed by atoms with Crippen LogP contribution < -0.4 is 9.47 Å². The van der Waals surface area contributed by atoms with Gasteiger partial charge in [-0.3, -0.25) is 0 Å². The number of rotatable bonds is 10. The molecule has 0 aliphatic carbocycles. The molecule has 0 spiro atoms. The Morgan fingerprint density at radius 2 is 1.81 bits per heavy atom. The van der Waals surface area contributed by atoms with Gasteiger partial charge in [-0.05, 0) is 55.3 Å². The average molecular weight is 458 g/mol. The highest BCUT2D eigenvalue weighted by molar-refractivity contribution is 6.31. The van der Waals surface area contributed by atoms with Crippen molar-refractivity contribution in [2.45, 2.75) is 26.9 Å². The standard InChI is InChI=1S/C23H24ClN3O5/c1-15(2)13-26-30-11-10-29-23(28)16(3)31-18-5-7-19(8-6-18)32-22-14-25-21-12-17(24)4-9-20(21)27-22/h4-9,12-16H,10-11H2,1-3H3. The topological polar surface area (TPSA) is 92.1 Å². The molecular formula is C23H24ClN3O5. The van der Waals surface area contributed by atoms with Crippen LogP contribution in [0.25, 0.3) is 11.0 Å². The Hall–Kier alpha value is -3.39. The summed E-state index contributed by atoms with van der Waals surface area (Å²) in [6, 6.07) is 12.1. The molecule has 8 nitrogen and oxygen atoms in total. The number of fused-ring (bicyclic) bond motifs is 1. The Morgan fingerprint density at radius 1 is 1.06 bits per heavy atom. The van der Waals surface area contributed by atoms with Crippen LogP contribution in [0.3, 0.4) is 0 Å². The van der Waals surface area contributed by atoms with Gasteiger partial charge in [0.25, 0.3) is 0 Å². The minimum absolute atomic E-state index is 0.0910. The third kappa shape index (κ3) is 7.09. The maximum Gasteiger partial charge on any atom is 0.347 e. The van der Waals surface area contributed by atoms with E-state index >= 15 is 0 Å². The molecule has 0 fully saturated rings. The van der Waals surface area contributed by atoms with Crippen LogP contribution in [-0.4, -0.2) is 41.5 Å². The van der Waals surface area contributed by atoms with Gasteiger partial charge in [0.1, 0.15) is 18.1 Å². The van der Waals surface area contributed by atoms with Crippen LogP contribution in [0.5, 0.6) is 17.4 Å². The summed E-state index contributed by atoms with van der Waals surface area (Å²) in [7, 11) is 0. The highest BCUT2D eigenvalue weighted by Crippen LogP contribution is 2.25. The molecule has 1 atom stereocenters. The Balaban J connectivity index is 1.47. The first-order chi connectivity index (χ1) is 15.4. The van der Waals surface area contributed by atoms with Gasteiger partial charge in [0.15, 0.2) is 12.7 Å². The predicted octanol–water partition coefficient (Wildman–Crippen LogP) is 5.04. The second-order valence-corrected chi connectivity index (χ2v) is 7.61. The number of oxime groups is 1. The quantitative estimate of drug-likeness (QED) is 0.182. The van der Waals surface area contributed by atoms with E-state index in [0.717, 1.165) is 0 Å². The molecule has 0 saturated heterocycles. The number of carbonyl (C=O) groups excluding carboxylic acids is 1. The van der Waals surface area contributed by atoms with E-state index in [2.05, 4.69) is 15.1 Å². The lowest BCUT2D eigenvalue weighted by Gasteiger charge is -2.14. The first kappa shape index (κ1) is 23.3. The predicted molar refractivity (Wildman–Crippen MR) is 121 cm³/mol. The Morgan fingerprint density at radius 3 is 2.56 bits per heavy atom. The van der Waals surface area contributed by atoms with Gasteiger partial charge in [-0.1, -0.05) is 30.6 Å². The molecule has 1 aromatic heterocycles. The molecule has 0 bridgehead atoms. The second-order valence-electron chi connectivity index (χ2n) is 7.17. The molecule has 3 aromatic rings. The fraction of sp³-hybridized carbons (Fsp3) is 0.304. The third-order valence-corrected chi connectivity index (χ3v) is 4.26. The second kappa shape index (κ2) is 11.3. The Bertz CT molecular complexity index is 1070. The van der Waals surface area contributed by atoms with E-state index in [1.165, 1.54) is 6.20 Å². The van der Waals surface area contributed by atoms with E-state index in [1.807, 2.05) is 13.8 Å². The summed E-state index contributed by atoms with van der Waals surface area (Å²) in [5, 5.41) is 4.36. The minimum Gasteiger partial charge on any atom is -0.479 e. The molecule has 1 unspecified atom stereocenters. The van der Waals surface area contributed by atoms with Crippen molar-refractivity contribution in [3.63, 3.8) is 0 Å². The number of hydrogen-bond donors (Lipinski definition) is 0. The van der Waals surface area contributed by atoms with E-state index in [1.54, 1.807) is 55.6 Å². The first-order valence-corrected chi connectivity index (χ1v) is 10.5. The van der Waals surface area contributed by atoms with Gasteiger partial charge in [0.05, 0.1) is 17.2 Å². The molecule has 9 heteroatoms. The third-order valence-electron chi connectivity index (χ3n) is 4.03. The van der Waals surface area contributed by atoms with Crippen molar-refractivity contribution < 1.29 is 23.8 Å². The lowest BCUT2D eigenvalue weighted by molar-refractivity contribution is -0.152. The monoisotopic (exact) mass is 457 g/mol. The number of ether oxygens (including phenoxy) is 3. The van der Waals surface area contributed by atoms with Crippen LogP contribution in [0.2, 0.25) is 5.02 Å². The number of carbonyl (C=O) groups is 1. The molecule has 1 heterocycles. The van der Waals surface area contributed by atoms with E-state index in [4.69, 9.17) is 30.6 Å². The summed E-state index contributed by atoms with van der Waals surface area (Å²) < 4.78 is 16.5. The number of esters is 1. The normalized spacial score (nSPS) is 12.2. The molecule has 0 radical (unpaired) electrons. The summed E-state index contributed by atoms with van der Waals surface area (Å²) >= 11 is 5.96. The largest absolute Gasteiger partial charge is 0.479 e. The van der Waals surface area contributed by atoms with Crippen molar-refractivity contribution >= 4 is 34.8 Å². The van der Waals surface area contributed by atoms with Crippen LogP contribution in [0.15, 0.2) is 53.8 Å². The van der Waals surface area contributed by atoms with E-state index in [-0.39, 0.29) is 13.2 Å². The van der Waals surface area contributed by atoms with Crippen LogP contribution in [0.1, 0.15) is 20.8 Å². The van der Waals surface area contributed by atoms with Crippen LogP contribution in [0.4, 0.5) is 0 Å². The van der Waals surface area contributed by atoms with Gasteiger partial charge < -0.3 is 19.0 Å². The van der Waals surface area contributed by atoms with Crippen molar-refractivity contribution in [1.82, 2.24) is 9.97 Å². The van der Waals surface area contributed by atoms with Crippen molar-refractivity contribution in [2.24, 2.45) is 11.1 Å². The number of hydrogen-bond acceptors (Lipinski definition) is 8. The molecule has 0 aliphatic rings. The zero-order valence-corrected chi connectivity index (χ0v) is 18.8. The maximum absolute atomic E-state index is 12.0. The molecule has 0 amide bonds. The molecule has 0 aliphatic heterocycles. The molecule has 2 aromatic carbocycles. The number of halogens is 1. The van der Waals surface area contributed by atoms with Gasteiger partial charge in [0, 0.05) is 11.2 Å². The van der Waals surface area contributed by atoms with Crippen LogP contribution in [0, 0.1) is 5.92 Å². The highest BCUT2D eigenvalue weighted by atomic mass is 35.5. The van der Waals surface area contributed by atoms with Crippen molar-refractivity contribution in [3.8, 4) is 17.4 Å². The summed E-state index contributed by atoms with van der Waals surface area (Å²) in [6.07, 6.45) is 2.42. The van der Waals surface area contributed by atoms with E-state index in [9.17, 15) is 4.79 Å². The van der Waals surface area contributed by atoms with Crippen molar-refractivity contribution in [1.29, 1.82) is 0 Å². The number of aromatic nitrogens is 2. The SMILES string of the molecule is CC(C)C=NOCCOC(=O)C(C)Oc1ccc(Oc2cnc3cc(Cl)ccc3n2)cc1. The van der Waals surface area contributed by atoms with E-state index < -0.39 is 12.1 Å². The van der Waals surface area contributed by atoms with Crippen LogP contribution >= 0.6 is 11.6 Å². The van der Waals surface area contributed by atoms with Gasteiger partial charge in [-0.25, -0.2) is 14.8 Å². The summed E-state index contributed by atoms with van der Waals surface area (Å²) in [5.41, 5.74) is 1.36. The van der Waals surface area contributed by atoms with Gasteiger partial charge in [-0.2, -0.15) is 0 Å². The summed E-state index contributed by atoms with van der Waals surface area (Å²) in [6.45, 7) is 5.85. The van der Waals surface area contributed by atoms with Crippen molar-refractivity contribution in [2.75, 3.05) is 13.2 Å². The summed E-state index contributed by atoms with van der Waals surface area (Å²) in [4.78, 5) is 25.7.